The van der Waals surface area contributed by atoms with Crippen molar-refractivity contribution in [1.82, 2.24) is 5.32 Å². The number of hydrogen-bond acceptors (Lipinski definition) is 4. The standard InChI is InChI=1S/C16H22BrNO3/c17-14-6-16-15(20-10-21-16)5-13(14)8-18-7-11-3-1-2-4-12(11)9-19/h5-6,11-12,18-19H,1-4,7-10H2. The van der Waals surface area contributed by atoms with Crippen molar-refractivity contribution in [1.29, 1.82) is 0 Å². The van der Waals surface area contributed by atoms with Crippen molar-refractivity contribution < 1.29 is 14.6 Å². The average molecular weight is 356 g/mol. The first-order chi connectivity index (χ1) is 10.3. The van der Waals surface area contributed by atoms with Crippen molar-refractivity contribution in [2.24, 2.45) is 11.8 Å². The Morgan fingerprint density at radius 2 is 1.86 bits per heavy atom. The third-order valence-electron chi connectivity index (χ3n) is 4.56. The molecule has 116 valence electrons. The molecule has 1 aromatic carbocycles. The number of aliphatic hydroxyl groups excluding tert-OH is 1. The van der Waals surface area contributed by atoms with Gasteiger partial charge in [0.05, 0.1) is 0 Å². The van der Waals surface area contributed by atoms with Gasteiger partial charge in [0.15, 0.2) is 11.5 Å². The highest BCUT2D eigenvalue weighted by Crippen LogP contribution is 2.37. The van der Waals surface area contributed by atoms with Gasteiger partial charge in [-0.3, -0.25) is 0 Å². The average Bonchev–Trinajstić information content (AvgIpc) is 2.95. The van der Waals surface area contributed by atoms with Crippen molar-refractivity contribution in [2.75, 3.05) is 19.9 Å². The molecule has 2 aliphatic rings. The summed E-state index contributed by atoms with van der Waals surface area (Å²) in [6, 6.07) is 4.00. The zero-order valence-electron chi connectivity index (χ0n) is 12.1. The SMILES string of the molecule is OCC1CCCCC1CNCc1cc2c(cc1Br)OCO2. The molecule has 3 rings (SSSR count). The van der Waals surface area contributed by atoms with Gasteiger partial charge in [-0.15, -0.1) is 0 Å². The largest absolute Gasteiger partial charge is 0.454 e. The van der Waals surface area contributed by atoms with Crippen molar-refractivity contribution in [3.8, 4) is 11.5 Å². The Balaban J connectivity index is 1.55. The van der Waals surface area contributed by atoms with Crippen molar-refractivity contribution in [3.63, 3.8) is 0 Å². The highest BCUT2D eigenvalue weighted by Gasteiger charge is 2.24. The molecule has 2 atom stereocenters. The zero-order valence-corrected chi connectivity index (χ0v) is 13.7. The van der Waals surface area contributed by atoms with Gasteiger partial charge in [-0.05, 0) is 48.9 Å². The maximum absolute atomic E-state index is 9.46. The lowest BCUT2D eigenvalue weighted by atomic mass is 9.79. The maximum Gasteiger partial charge on any atom is 0.231 e. The molecule has 0 radical (unpaired) electrons. The monoisotopic (exact) mass is 355 g/mol. The molecule has 1 aliphatic heterocycles. The summed E-state index contributed by atoms with van der Waals surface area (Å²) in [5, 5.41) is 13.0. The fourth-order valence-corrected chi connectivity index (χ4v) is 3.74. The van der Waals surface area contributed by atoms with Crippen molar-refractivity contribution in [2.45, 2.75) is 32.2 Å². The van der Waals surface area contributed by atoms with E-state index < -0.39 is 0 Å². The highest BCUT2D eigenvalue weighted by molar-refractivity contribution is 9.10. The first kappa shape index (κ1) is 15.1. The lowest BCUT2D eigenvalue weighted by Gasteiger charge is -2.30. The van der Waals surface area contributed by atoms with E-state index in [-0.39, 0.29) is 0 Å². The molecule has 0 spiro atoms. The maximum atomic E-state index is 9.46. The van der Waals surface area contributed by atoms with Gasteiger partial charge in [-0.1, -0.05) is 28.8 Å². The van der Waals surface area contributed by atoms with E-state index in [9.17, 15) is 5.11 Å². The number of fused-ring (bicyclic) bond motifs is 1. The van der Waals surface area contributed by atoms with Gasteiger partial charge in [0, 0.05) is 17.6 Å². The lowest BCUT2D eigenvalue weighted by molar-refractivity contribution is 0.133. The van der Waals surface area contributed by atoms with Crippen LogP contribution in [-0.4, -0.2) is 25.1 Å². The van der Waals surface area contributed by atoms with Crippen LogP contribution in [0.2, 0.25) is 0 Å². The summed E-state index contributed by atoms with van der Waals surface area (Å²) in [7, 11) is 0. The van der Waals surface area contributed by atoms with Gasteiger partial charge in [0.25, 0.3) is 0 Å². The molecular formula is C16H22BrNO3. The molecule has 0 aromatic heterocycles. The smallest absolute Gasteiger partial charge is 0.231 e. The fraction of sp³-hybridized carbons (Fsp3) is 0.625. The molecule has 2 unspecified atom stereocenters. The van der Waals surface area contributed by atoms with Gasteiger partial charge in [-0.2, -0.15) is 0 Å². The van der Waals surface area contributed by atoms with Crippen molar-refractivity contribution in [3.05, 3.63) is 22.2 Å². The van der Waals surface area contributed by atoms with Crippen LogP contribution in [-0.2, 0) is 6.54 Å². The van der Waals surface area contributed by atoms with Gasteiger partial charge >= 0.3 is 0 Å². The summed E-state index contributed by atoms with van der Waals surface area (Å²) in [6.45, 7) is 2.39. The van der Waals surface area contributed by atoms with E-state index >= 15 is 0 Å². The molecule has 21 heavy (non-hydrogen) atoms. The lowest BCUT2D eigenvalue weighted by Crippen LogP contribution is -2.32. The summed E-state index contributed by atoms with van der Waals surface area (Å²) >= 11 is 3.59. The summed E-state index contributed by atoms with van der Waals surface area (Å²) in [5.74, 6) is 2.68. The molecule has 1 aromatic rings. The quantitative estimate of drug-likeness (QED) is 0.852. The number of halogens is 1. The Labute approximate surface area is 134 Å². The Morgan fingerprint density at radius 3 is 2.62 bits per heavy atom. The third-order valence-corrected chi connectivity index (χ3v) is 5.30. The zero-order chi connectivity index (χ0) is 14.7. The van der Waals surface area contributed by atoms with Crippen LogP contribution in [0.1, 0.15) is 31.2 Å². The third kappa shape index (κ3) is 3.52. The van der Waals surface area contributed by atoms with Crippen LogP contribution in [0.15, 0.2) is 16.6 Å². The Morgan fingerprint density at radius 1 is 1.14 bits per heavy atom. The number of benzene rings is 1. The van der Waals surface area contributed by atoms with E-state index in [2.05, 4.69) is 21.2 Å². The molecule has 2 N–H and O–H groups in total. The first-order valence-electron chi connectivity index (χ1n) is 7.67. The molecule has 1 heterocycles. The molecule has 5 heteroatoms. The predicted octanol–water partition coefficient (Wildman–Crippen LogP) is 3.07. The molecule has 4 nitrogen and oxygen atoms in total. The van der Waals surface area contributed by atoms with Gasteiger partial charge in [-0.25, -0.2) is 0 Å². The molecule has 0 amide bonds. The van der Waals surface area contributed by atoms with Crippen LogP contribution < -0.4 is 14.8 Å². The minimum atomic E-state index is 0.304. The van der Waals surface area contributed by atoms with Crippen LogP contribution in [0.3, 0.4) is 0 Å². The van der Waals surface area contributed by atoms with Crippen LogP contribution >= 0.6 is 15.9 Å². The summed E-state index contributed by atoms with van der Waals surface area (Å²) in [6.07, 6.45) is 4.93. The van der Waals surface area contributed by atoms with Crippen LogP contribution in [0, 0.1) is 11.8 Å². The van der Waals surface area contributed by atoms with Crippen molar-refractivity contribution >= 4 is 15.9 Å². The van der Waals surface area contributed by atoms with Crippen LogP contribution in [0.4, 0.5) is 0 Å². The number of rotatable bonds is 5. The van der Waals surface area contributed by atoms with Crippen LogP contribution in [0.5, 0.6) is 11.5 Å². The number of aliphatic hydroxyl groups is 1. The van der Waals surface area contributed by atoms with Crippen LogP contribution in [0.25, 0.3) is 0 Å². The number of hydrogen-bond donors (Lipinski definition) is 2. The Hall–Kier alpha value is -0.780. The summed E-state index contributed by atoms with van der Waals surface area (Å²) in [4.78, 5) is 0. The fourth-order valence-electron chi connectivity index (χ4n) is 3.28. The van der Waals surface area contributed by atoms with Gasteiger partial charge < -0.3 is 19.9 Å². The number of nitrogens with one attached hydrogen (secondary N) is 1. The topological polar surface area (TPSA) is 50.7 Å². The molecule has 0 bridgehead atoms. The molecule has 0 saturated heterocycles. The van der Waals surface area contributed by atoms with E-state index in [1.807, 2.05) is 12.1 Å². The normalized spacial score (nSPS) is 24.3. The Bertz CT molecular complexity index is 495. The molecule has 1 aliphatic carbocycles. The minimum Gasteiger partial charge on any atom is -0.454 e. The molecular weight excluding hydrogens is 334 g/mol. The van der Waals surface area contributed by atoms with E-state index in [1.165, 1.54) is 24.8 Å². The van der Waals surface area contributed by atoms with E-state index in [0.29, 0.717) is 25.2 Å². The first-order valence-corrected chi connectivity index (χ1v) is 8.47. The van der Waals surface area contributed by atoms with Gasteiger partial charge in [0.2, 0.25) is 6.79 Å². The predicted molar refractivity (Wildman–Crippen MR) is 84.5 cm³/mol. The minimum absolute atomic E-state index is 0.304. The molecule has 1 saturated carbocycles. The van der Waals surface area contributed by atoms with E-state index in [0.717, 1.165) is 35.5 Å². The van der Waals surface area contributed by atoms with Gasteiger partial charge in [0.1, 0.15) is 0 Å². The van der Waals surface area contributed by atoms with E-state index in [1.54, 1.807) is 0 Å². The second kappa shape index (κ2) is 6.99. The molecule has 1 fully saturated rings. The second-order valence-electron chi connectivity index (χ2n) is 5.91. The second-order valence-corrected chi connectivity index (χ2v) is 6.77. The summed E-state index contributed by atoms with van der Waals surface area (Å²) < 4.78 is 11.8. The highest BCUT2D eigenvalue weighted by atomic mass is 79.9. The Kier molecular flexibility index (Phi) is 5.03. The van der Waals surface area contributed by atoms with E-state index in [4.69, 9.17) is 9.47 Å². The summed E-state index contributed by atoms with van der Waals surface area (Å²) in [5.41, 5.74) is 1.18. The number of ether oxygens (including phenoxy) is 2.